The number of H-pyrrole nitrogens is 1. The summed E-state index contributed by atoms with van der Waals surface area (Å²) in [6.07, 6.45) is 1.04. The Morgan fingerprint density at radius 3 is 2.72 bits per heavy atom. The Bertz CT molecular complexity index is 517. The second-order valence-corrected chi connectivity index (χ2v) is 5.00. The van der Waals surface area contributed by atoms with Gasteiger partial charge in [0.2, 0.25) is 0 Å². The fourth-order valence-corrected chi connectivity index (χ4v) is 2.13. The van der Waals surface area contributed by atoms with Gasteiger partial charge in [0.05, 0.1) is 5.52 Å². The average Bonchev–Trinajstić information content (AvgIpc) is 2.77. The summed E-state index contributed by atoms with van der Waals surface area (Å²) in [7, 11) is 1.85. The van der Waals surface area contributed by atoms with Gasteiger partial charge in [-0.1, -0.05) is 13.8 Å². The maximum Gasteiger partial charge on any atom is 0.179 e. The predicted molar refractivity (Wildman–Crippen MR) is 74.7 cm³/mol. The molecule has 0 amide bonds. The van der Waals surface area contributed by atoms with Gasteiger partial charge in [0.15, 0.2) is 5.65 Å². The third kappa shape index (κ3) is 2.61. The molecule has 5 heteroatoms. The molecule has 0 saturated heterocycles. The molecule has 18 heavy (non-hydrogen) atoms. The lowest BCUT2D eigenvalue weighted by Gasteiger charge is -2.13. The molecule has 2 rings (SSSR count). The van der Waals surface area contributed by atoms with Gasteiger partial charge in [0, 0.05) is 19.5 Å². The molecule has 4 N–H and O–H groups in total. The van der Waals surface area contributed by atoms with E-state index in [0.717, 1.165) is 29.2 Å². The number of aromatic nitrogens is 3. The number of rotatable bonds is 5. The molecule has 0 aliphatic rings. The number of imidazole rings is 1. The molecule has 1 unspecified atom stereocenters. The Hall–Kier alpha value is -1.62. The van der Waals surface area contributed by atoms with E-state index in [1.807, 2.05) is 19.2 Å². The van der Waals surface area contributed by atoms with Crippen molar-refractivity contribution in [1.82, 2.24) is 15.0 Å². The summed E-state index contributed by atoms with van der Waals surface area (Å²) in [4.78, 5) is 12.3. The lowest BCUT2D eigenvalue weighted by Crippen LogP contribution is -2.15. The van der Waals surface area contributed by atoms with E-state index < -0.39 is 0 Å². The summed E-state index contributed by atoms with van der Waals surface area (Å²) >= 11 is 0. The largest absolute Gasteiger partial charge is 0.373 e. The number of fused-ring (bicyclic) bond motifs is 1. The van der Waals surface area contributed by atoms with Gasteiger partial charge in [-0.25, -0.2) is 9.97 Å². The minimum atomic E-state index is 0.275. The van der Waals surface area contributed by atoms with Gasteiger partial charge in [-0.3, -0.25) is 0 Å². The van der Waals surface area contributed by atoms with Gasteiger partial charge in [-0.05, 0) is 24.5 Å². The number of hydrogen-bond acceptors (Lipinski definition) is 4. The minimum absolute atomic E-state index is 0.275. The van der Waals surface area contributed by atoms with E-state index in [4.69, 9.17) is 5.73 Å². The highest BCUT2D eigenvalue weighted by molar-refractivity contribution is 5.73. The zero-order valence-electron chi connectivity index (χ0n) is 11.2. The molecule has 98 valence electrons. The number of anilines is 1. The van der Waals surface area contributed by atoms with E-state index >= 15 is 0 Å². The summed E-state index contributed by atoms with van der Waals surface area (Å²) in [5.74, 6) is 2.65. The van der Waals surface area contributed by atoms with Gasteiger partial charge in [0.1, 0.15) is 11.6 Å². The fraction of sp³-hybridized carbons (Fsp3) is 0.538. The Balaban J connectivity index is 2.33. The van der Waals surface area contributed by atoms with Crippen molar-refractivity contribution in [2.24, 2.45) is 11.7 Å². The van der Waals surface area contributed by atoms with Gasteiger partial charge in [-0.15, -0.1) is 0 Å². The van der Waals surface area contributed by atoms with E-state index in [2.05, 4.69) is 34.1 Å². The van der Waals surface area contributed by atoms with Crippen LogP contribution in [-0.4, -0.2) is 28.5 Å². The molecular weight excluding hydrogens is 226 g/mol. The van der Waals surface area contributed by atoms with Crippen LogP contribution < -0.4 is 11.1 Å². The number of nitrogens with two attached hydrogens (primary N) is 1. The van der Waals surface area contributed by atoms with Crippen LogP contribution in [0, 0.1) is 5.92 Å². The summed E-state index contributed by atoms with van der Waals surface area (Å²) in [6.45, 7) is 5.00. The molecule has 0 bridgehead atoms. The number of pyridine rings is 1. The Kier molecular flexibility index (Phi) is 3.81. The average molecular weight is 247 g/mol. The fourth-order valence-electron chi connectivity index (χ4n) is 2.13. The highest BCUT2D eigenvalue weighted by atomic mass is 15.0. The quantitative estimate of drug-likeness (QED) is 0.756. The molecule has 0 aromatic carbocycles. The van der Waals surface area contributed by atoms with E-state index in [1.54, 1.807) is 0 Å². The molecule has 0 aliphatic carbocycles. The molecule has 0 fully saturated rings. The van der Waals surface area contributed by atoms with Crippen LogP contribution in [0.15, 0.2) is 12.1 Å². The first-order valence-corrected chi connectivity index (χ1v) is 6.38. The Labute approximate surface area is 107 Å². The van der Waals surface area contributed by atoms with Crippen molar-refractivity contribution >= 4 is 17.0 Å². The third-order valence-corrected chi connectivity index (χ3v) is 3.05. The van der Waals surface area contributed by atoms with Gasteiger partial charge < -0.3 is 16.0 Å². The smallest absolute Gasteiger partial charge is 0.179 e. The highest BCUT2D eigenvalue weighted by Crippen LogP contribution is 2.23. The van der Waals surface area contributed by atoms with Crippen molar-refractivity contribution in [3.05, 3.63) is 18.0 Å². The molecule has 0 spiro atoms. The van der Waals surface area contributed by atoms with Crippen molar-refractivity contribution in [2.45, 2.75) is 26.2 Å². The molecule has 0 saturated carbocycles. The summed E-state index contributed by atoms with van der Waals surface area (Å²) < 4.78 is 0. The van der Waals surface area contributed by atoms with Crippen molar-refractivity contribution < 1.29 is 0 Å². The standard InChI is InChI=1S/C13H21N5/c1-8(2)6-9(7-14)12-16-10-4-5-11(15-3)17-13(10)18-12/h4-5,8-9H,6-7,14H2,1-3H3,(H2,15,16,17,18). The van der Waals surface area contributed by atoms with Crippen LogP contribution in [-0.2, 0) is 0 Å². The minimum Gasteiger partial charge on any atom is -0.373 e. The van der Waals surface area contributed by atoms with Gasteiger partial charge in [-0.2, -0.15) is 0 Å². The first-order chi connectivity index (χ1) is 8.63. The first-order valence-electron chi connectivity index (χ1n) is 6.38. The predicted octanol–water partition coefficient (Wildman–Crippen LogP) is 2.09. The van der Waals surface area contributed by atoms with Crippen molar-refractivity contribution in [3.63, 3.8) is 0 Å². The first kappa shape index (κ1) is 12.8. The molecule has 5 nitrogen and oxygen atoms in total. The molecule has 2 heterocycles. The number of aromatic amines is 1. The van der Waals surface area contributed by atoms with Gasteiger partial charge >= 0.3 is 0 Å². The zero-order valence-corrected chi connectivity index (χ0v) is 11.2. The van der Waals surface area contributed by atoms with Crippen molar-refractivity contribution in [3.8, 4) is 0 Å². The third-order valence-electron chi connectivity index (χ3n) is 3.05. The van der Waals surface area contributed by atoms with Crippen molar-refractivity contribution in [1.29, 1.82) is 0 Å². The zero-order chi connectivity index (χ0) is 13.1. The highest BCUT2D eigenvalue weighted by Gasteiger charge is 2.16. The van der Waals surface area contributed by atoms with Crippen molar-refractivity contribution in [2.75, 3.05) is 18.9 Å². The van der Waals surface area contributed by atoms with Crippen LogP contribution >= 0.6 is 0 Å². The summed E-state index contributed by atoms with van der Waals surface area (Å²) in [5, 5.41) is 3.01. The lowest BCUT2D eigenvalue weighted by atomic mass is 9.97. The Morgan fingerprint density at radius 1 is 1.33 bits per heavy atom. The molecule has 2 aromatic heterocycles. The maximum atomic E-state index is 5.84. The van der Waals surface area contributed by atoms with Crippen LogP contribution in [0.25, 0.3) is 11.2 Å². The van der Waals surface area contributed by atoms with E-state index in [-0.39, 0.29) is 5.92 Å². The van der Waals surface area contributed by atoms with Crippen LogP contribution in [0.1, 0.15) is 32.0 Å². The monoisotopic (exact) mass is 247 g/mol. The number of hydrogen-bond donors (Lipinski definition) is 3. The van der Waals surface area contributed by atoms with Crippen LogP contribution in [0.4, 0.5) is 5.82 Å². The Morgan fingerprint density at radius 2 is 2.11 bits per heavy atom. The van der Waals surface area contributed by atoms with Gasteiger partial charge in [0.25, 0.3) is 0 Å². The van der Waals surface area contributed by atoms with E-state index in [1.165, 1.54) is 0 Å². The number of nitrogens with one attached hydrogen (secondary N) is 2. The topological polar surface area (TPSA) is 79.6 Å². The summed E-state index contributed by atoms with van der Waals surface area (Å²) in [5.41, 5.74) is 7.55. The molecule has 1 atom stereocenters. The number of nitrogens with zero attached hydrogens (tertiary/aromatic N) is 2. The normalized spacial score (nSPS) is 13.2. The molecule has 0 aliphatic heterocycles. The molecule has 2 aromatic rings. The van der Waals surface area contributed by atoms with Crippen LogP contribution in [0.3, 0.4) is 0 Å². The van der Waals surface area contributed by atoms with E-state index in [9.17, 15) is 0 Å². The van der Waals surface area contributed by atoms with Crippen LogP contribution in [0.2, 0.25) is 0 Å². The van der Waals surface area contributed by atoms with E-state index in [0.29, 0.717) is 12.5 Å². The lowest BCUT2D eigenvalue weighted by molar-refractivity contribution is 0.491. The SMILES string of the molecule is CNc1ccc2[nH]c(C(CN)CC(C)C)nc2n1. The second kappa shape index (κ2) is 5.35. The summed E-state index contributed by atoms with van der Waals surface area (Å²) in [6, 6.07) is 3.93. The molecular formula is C13H21N5. The maximum absolute atomic E-state index is 5.84. The second-order valence-electron chi connectivity index (χ2n) is 5.00. The van der Waals surface area contributed by atoms with Crippen LogP contribution in [0.5, 0.6) is 0 Å². The molecule has 0 radical (unpaired) electrons.